The van der Waals surface area contributed by atoms with Crippen LogP contribution in [0.1, 0.15) is 0 Å². The minimum absolute atomic E-state index is 0.512. The minimum Gasteiger partial charge on any atom is -0.479 e. The molecule has 0 bridgehead atoms. The summed E-state index contributed by atoms with van der Waals surface area (Å²) in [5.74, 6) is -1.35. The fourth-order valence-corrected chi connectivity index (χ4v) is 1.10. The van der Waals surface area contributed by atoms with Crippen molar-refractivity contribution in [1.82, 2.24) is 0 Å². The van der Waals surface area contributed by atoms with Crippen LogP contribution < -0.4 is 0 Å². The molecule has 0 spiro atoms. The monoisotopic (exact) mass is 178 g/mol. The van der Waals surface area contributed by atoms with Crippen molar-refractivity contribution in [1.29, 1.82) is 0 Å². The van der Waals surface area contributed by atoms with Crippen LogP contribution in [0.5, 0.6) is 0 Å². The lowest BCUT2D eigenvalue weighted by molar-refractivity contribution is -0.153. The zero-order valence-corrected chi connectivity index (χ0v) is 6.12. The minimum atomic E-state index is -1.47. The summed E-state index contributed by atoms with van der Waals surface area (Å²) < 4.78 is 4.65. The number of hydrogen-bond donors (Lipinski definition) is 4. The molecule has 1 aliphatic heterocycles. The third-order valence-electron chi connectivity index (χ3n) is 1.79. The molecule has 4 atom stereocenters. The number of aliphatic carboxylic acids is 1. The van der Waals surface area contributed by atoms with E-state index in [2.05, 4.69) is 4.74 Å². The highest BCUT2D eigenvalue weighted by molar-refractivity contribution is 5.73. The van der Waals surface area contributed by atoms with Gasteiger partial charge in [0, 0.05) is 0 Å². The first-order valence-corrected chi connectivity index (χ1v) is 3.43. The maximum absolute atomic E-state index is 10.3. The molecule has 0 aromatic carbocycles. The van der Waals surface area contributed by atoms with Gasteiger partial charge in [-0.05, 0) is 0 Å². The van der Waals surface area contributed by atoms with Gasteiger partial charge in [0.25, 0.3) is 0 Å². The van der Waals surface area contributed by atoms with Gasteiger partial charge in [0.1, 0.15) is 18.3 Å². The van der Waals surface area contributed by atoms with E-state index in [0.29, 0.717) is 0 Å². The molecule has 6 heteroatoms. The van der Waals surface area contributed by atoms with E-state index in [0.717, 1.165) is 0 Å². The Morgan fingerprint density at radius 3 is 2.17 bits per heavy atom. The lowest BCUT2D eigenvalue weighted by Crippen LogP contribution is -2.36. The molecule has 0 amide bonds. The van der Waals surface area contributed by atoms with Crippen LogP contribution >= 0.6 is 0 Å². The molecule has 0 aromatic heterocycles. The second-order valence-corrected chi connectivity index (χ2v) is 2.60. The van der Waals surface area contributed by atoms with Crippen LogP contribution in [0.4, 0.5) is 0 Å². The van der Waals surface area contributed by atoms with Gasteiger partial charge in [-0.1, -0.05) is 0 Å². The van der Waals surface area contributed by atoms with E-state index >= 15 is 0 Å². The number of carbonyl (C=O) groups is 1. The number of aliphatic hydroxyl groups is 3. The van der Waals surface area contributed by atoms with Crippen LogP contribution in [-0.2, 0) is 9.53 Å². The Labute approximate surface area is 68.0 Å². The van der Waals surface area contributed by atoms with E-state index < -0.39 is 37.0 Å². The number of carboxylic acid groups (broad SMARTS) is 1. The maximum Gasteiger partial charge on any atom is 0.335 e. The van der Waals surface area contributed by atoms with Crippen molar-refractivity contribution >= 4 is 5.97 Å². The van der Waals surface area contributed by atoms with Crippen LogP contribution in [0.25, 0.3) is 0 Å². The topological polar surface area (TPSA) is 107 Å². The molecule has 4 N–H and O–H groups in total. The summed E-state index contributed by atoms with van der Waals surface area (Å²) >= 11 is 0. The number of carboxylic acids is 1. The highest BCUT2D eigenvalue weighted by Crippen LogP contribution is 2.20. The van der Waals surface area contributed by atoms with Crippen molar-refractivity contribution in [2.45, 2.75) is 24.4 Å². The van der Waals surface area contributed by atoms with E-state index in [1.807, 2.05) is 0 Å². The molecule has 0 aliphatic carbocycles. The second-order valence-electron chi connectivity index (χ2n) is 2.60. The molecule has 70 valence electrons. The predicted octanol–water partition coefficient (Wildman–Crippen LogP) is -2.45. The largest absolute Gasteiger partial charge is 0.479 e. The first kappa shape index (κ1) is 9.40. The predicted molar refractivity (Wildman–Crippen MR) is 35.4 cm³/mol. The smallest absolute Gasteiger partial charge is 0.335 e. The Kier molecular flexibility index (Phi) is 2.63. The molecule has 1 rings (SSSR count). The van der Waals surface area contributed by atoms with Crippen LogP contribution in [-0.4, -0.2) is 57.4 Å². The fraction of sp³-hybridized carbons (Fsp3) is 0.833. The molecule has 0 saturated carbocycles. The number of aliphatic hydroxyl groups excluding tert-OH is 3. The van der Waals surface area contributed by atoms with Crippen molar-refractivity contribution in [2.24, 2.45) is 0 Å². The van der Waals surface area contributed by atoms with Gasteiger partial charge in [-0.2, -0.15) is 0 Å². The second kappa shape index (κ2) is 3.36. The fourth-order valence-electron chi connectivity index (χ4n) is 1.10. The lowest BCUT2D eigenvalue weighted by atomic mass is 10.1. The Morgan fingerprint density at radius 2 is 1.92 bits per heavy atom. The first-order chi connectivity index (χ1) is 5.57. The molecule has 1 saturated heterocycles. The molecule has 1 fully saturated rings. The van der Waals surface area contributed by atoms with Crippen LogP contribution in [0, 0.1) is 0 Å². The van der Waals surface area contributed by atoms with E-state index in [1.165, 1.54) is 0 Å². The van der Waals surface area contributed by atoms with Crippen molar-refractivity contribution in [3.63, 3.8) is 0 Å². The summed E-state index contributed by atoms with van der Waals surface area (Å²) in [6.07, 6.45) is -5.27. The average molecular weight is 178 g/mol. The van der Waals surface area contributed by atoms with Gasteiger partial charge in [-0.15, -0.1) is 0 Å². The van der Waals surface area contributed by atoms with Crippen LogP contribution in [0.15, 0.2) is 0 Å². The zero-order valence-electron chi connectivity index (χ0n) is 6.12. The van der Waals surface area contributed by atoms with Gasteiger partial charge < -0.3 is 25.2 Å². The summed E-state index contributed by atoms with van der Waals surface area (Å²) in [4.78, 5) is 10.3. The molecule has 1 heterocycles. The standard InChI is InChI=1S/C6H10O6/c7-1-2-3(8)4(9)5(12-2)6(10)11/h2-5,7-9H,1H2,(H,10,11)/t2-,3-,4+,5-/m1/s1. The van der Waals surface area contributed by atoms with Gasteiger partial charge in [0.05, 0.1) is 6.61 Å². The third-order valence-corrected chi connectivity index (χ3v) is 1.79. The molecule has 6 nitrogen and oxygen atoms in total. The van der Waals surface area contributed by atoms with Crippen molar-refractivity contribution in [3.8, 4) is 0 Å². The first-order valence-electron chi connectivity index (χ1n) is 3.43. The Balaban J connectivity index is 2.66. The summed E-state index contributed by atoms with van der Waals surface area (Å²) in [5.41, 5.74) is 0. The molecule has 0 radical (unpaired) electrons. The maximum atomic E-state index is 10.3. The van der Waals surface area contributed by atoms with Crippen LogP contribution in [0.2, 0.25) is 0 Å². The molecule has 1 aliphatic rings. The van der Waals surface area contributed by atoms with Gasteiger partial charge in [-0.3, -0.25) is 0 Å². The van der Waals surface area contributed by atoms with E-state index in [-0.39, 0.29) is 0 Å². The Bertz CT molecular complexity index is 181. The third kappa shape index (κ3) is 1.42. The Morgan fingerprint density at radius 1 is 1.33 bits per heavy atom. The SMILES string of the molecule is O=C(O)[C@@H]1O[C@H](CO)[C@@H](O)[C@@H]1O. The average Bonchev–Trinajstić information content (AvgIpc) is 2.30. The molecular weight excluding hydrogens is 168 g/mol. The van der Waals surface area contributed by atoms with Crippen molar-refractivity contribution in [3.05, 3.63) is 0 Å². The van der Waals surface area contributed by atoms with Gasteiger partial charge in [0.2, 0.25) is 0 Å². The summed E-state index contributed by atoms with van der Waals surface area (Å²) in [6.45, 7) is -0.512. The van der Waals surface area contributed by atoms with E-state index in [1.54, 1.807) is 0 Å². The molecule has 0 unspecified atom stereocenters. The van der Waals surface area contributed by atoms with E-state index in [4.69, 9.17) is 20.4 Å². The van der Waals surface area contributed by atoms with E-state index in [9.17, 15) is 4.79 Å². The summed E-state index contributed by atoms with van der Waals surface area (Å²) in [7, 11) is 0. The molecule has 12 heavy (non-hydrogen) atoms. The number of rotatable bonds is 2. The van der Waals surface area contributed by atoms with Crippen LogP contribution in [0.3, 0.4) is 0 Å². The van der Waals surface area contributed by atoms with Gasteiger partial charge in [0.15, 0.2) is 6.10 Å². The molecular formula is C6H10O6. The summed E-state index contributed by atoms with van der Waals surface area (Å²) in [5, 5.41) is 35.1. The zero-order chi connectivity index (χ0) is 9.30. The molecule has 0 aromatic rings. The Hall–Kier alpha value is -0.690. The van der Waals surface area contributed by atoms with Gasteiger partial charge >= 0.3 is 5.97 Å². The number of hydrogen-bond acceptors (Lipinski definition) is 5. The highest BCUT2D eigenvalue weighted by atomic mass is 16.6. The quantitative estimate of drug-likeness (QED) is 0.374. The van der Waals surface area contributed by atoms with Crippen molar-refractivity contribution < 1.29 is 30.0 Å². The number of ether oxygens (including phenoxy) is 1. The lowest BCUT2D eigenvalue weighted by Gasteiger charge is -2.10. The van der Waals surface area contributed by atoms with Crippen molar-refractivity contribution in [2.75, 3.05) is 6.61 Å². The van der Waals surface area contributed by atoms with Gasteiger partial charge in [-0.25, -0.2) is 4.79 Å². The summed E-state index contributed by atoms with van der Waals surface area (Å²) in [6, 6.07) is 0. The normalized spacial score (nSPS) is 41.6. The highest BCUT2D eigenvalue weighted by Gasteiger charge is 2.45.